The Kier molecular flexibility index (Phi) is 3.85. The van der Waals surface area contributed by atoms with Crippen molar-refractivity contribution < 1.29 is 4.39 Å². The third-order valence-corrected chi connectivity index (χ3v) is 4.79. The van der Waals surface area contributed by atoms with E-state index in [1.165, 1.54) is 24.8 Å². The summed E-state index contributed by atoms with van der Waals surface area (Å²) in [6.45, 7) is 2.25. The minimum atomic E-state index is -0.0177. The van der Waals surface area contributed by atoms with Gasteiger partial charge in [0.25, 0.3) is 0 Å². The van der Waals surface area contributed by atoms with Crippen LogP contribution in [-0.4, -0.2) is 31.1 Å². The SMILES string of the molecule is CN(C1CCCNCC1)C1CCc2c(F)cccc21. The molecule has 1 heterocycles. The van der Waals surface area contributed by atoms with Crippen molar-refractivity contribution in [2.24, 2.45) is 0 Å². The average Bonchev–Trinajstić information content (AvgIpc) is 2.67. The van der Waals surface area contributed by atoms with E-state index in [2.05, 4.69) is 23.3 Å². The molecule has 2 atom stereocenters. The number of benzene rings is 1. The number of halogens is 1. The Labute approximate surface area is 115 Å². The lowest BCUT2D eigenvalue weighted by molar-refractivity contribution is 0.160. The summed E-state index contributed by atoms with van der Waals surface area (Å²) in [5.41, 5.74) is 2.17. The highest BCUT2D eigenvalue weighted by molar-refractivity contribution is 5.35. The minimum Gasteiger partial charge on any atom is -0.317 e. The van der Waals surface area contributed by atoms with Crippen LogP contribution in [0.4, 0.5) is 4.39 Å². The van der Waals surface area contributed by atoms with Gasteiger partial charge in [-0.15, -0.1) is 0 Å². The molecule has 1 aliphatic heterocycles. The van der Waals surface area contributed by atoms with Gasteiger partial charge in [0.2, 0.25) is 0 Å². The second-order valence-electron chi connectivity index (χ2n) is 5.86. The zero-order chi connectivity index (χ0) is 13.2. The van der Waals surface area contributed by atoms with E-state index < -0.39 is 0 Å². The van der Waals surface area contributed by atoms with Gasteiger partial charge in [-0.3, -0.25) is 4.90 Å². The van der Waals surface area contributed by atoms with Gasteiger partial charge in [0.05, 0.1) is 0 Å². The van der Waals surface area contributed by atoms with E-state index in [0.717, 1.165) is 31.5 Å². The summed E-state index contributed by atoms with van der Waals surface area (Å²) >= 11 is 0. The summed E-state index contributed by atoms with van der Waals surface area (Å²) in [7, 11) is 2.22. The normalized spacial score (nSPS) is 27.3. The first-order chi connectivity index (χ1) is 9.27. The second kappa shape index (κ2) is 5.59. The molecule has 1 saturated heterocycles. The predicted molar refractivity (Wildman–Crippen MR) is 75.7 cm³/mol. The summed E-state index contributed by atoms with van der Waals surface area (Å²) in [4.78, 5) is 2.50. The Morgan fingerprint density at radius 3 is 3.00 bits per heavy atom. The average molecular weight is 262 g/mol. The van der Waals surface area contributed by atoms with Crippen molar-refractivity contribution >= 4 is 0 Å². The molecule has 19 heavy (non-hydrogen) atoms. The maximum atomic E-state index is 13.8. The van der Waals surface area contributed by atoms with Crippen molar-refractivity contribution in [3.63, 3.8) is 0 Å². The molecule has 0 bridgehead atoms. The molecule has 1 aromatic carbocycles. The van der Waals surface area contributed by atoms with E-state index in [0.29, 0.717) is 12.1 Å². The van der Waals surface area contributed by atoms with Gasteiger partial charge in [0.1, 0.15) is 5.82 Å². The molecule has 0 aromatic heterocycles. The van der Waals surface area contributed by atoms with Gasteiger partial charge in [-0.2, -0.15) is 0 Å². The Balaban J connectivity index is 1.78. The molecular weight excluding hydrogens is 239 g/mol. The Hall–Kier alpha value is -0.930. The first-order valence-corrected chi connectivity index (χ1v) is 7.47. The lowest BCUT2D eigenvalue weighted by Crippen LogP contribution is -2.35. The van der Waals surface area contributed by atoms with Crippen molar-refractivity contribution in [3.05, 3.63) is 35.1 Å². The van der Waals surface area contributed by atoms with Crippen LogP contribution in [-0.2, 0) is 6.42 Å². The Morgan fingerprint density at radius 1 is 1.21 bits per heavy atom. The van der Waals surface area contributed by atoms with E-state index >= 15 is 0 Å². The van der Waals surface area contributed by atoms with Crippen molar-refractivity contribution in [2.75, 3.05) is 20.1 Å². The van der Waals surface area contributed by atoms with Crippen LogP contribution in [0.1, 0.15) is 42.9 Å². The summed E-state index contributed by atoms with van der Waals surface area (Å²) in [6, 6.07) is 6.61. The fourth-order valence-electron chi connectivity index (χ4n) is 3.67. The molecule has 1 aromatic rings. The predicted octanol–water partition coefficient (Wildman–Crippen LogP) is 2.89. The lowest BCUT2D eigenvalue weighted by atomic mass is 10.0. The third-order valence-electron chi connectivity index (χ3n) is 4.79. The molecule has 0 spiro atoms. The van der Waals surface area contributed by atoms with Gasteiger partial charge in [0.15, 0.2) is 0 Å². The maximum absolute atomic E-state index is 13.8. The molecule has 3 heteroatoms. The molecule has 1 aliphatic carbocycles. The molecule has 1 N–H and O–H groups in total. The van der Waals surface area contributed by atoms with Gasteiger partial charge in [0, 0.05) is 12.1 Å². The highest BCUT2D eigenvalue weighted by Crippen LogP contribution is 2.38. The van der Waals surface area contributed by atoms with E-state index in [1.54, 1.807) is 6.07 Å². The van der Waals surface area contributed by atoms with E-state index in [9.17, 15) is 4.39 Å². The van der Waals surface area contributed by atoms with Crippen molar-refractivity contribution in [1.82, 2.24) is 10.2 Å². The van der Waals surface area contributed by atoms with Crippen LogP contribution < -0.4 is 5.32 Å². The Bertz CT molecular complexity index is 438. The molecule has 2 nitrogen and oxygen atoms in total. The summed E-state index contributed by atoms with van der Waals surface area (Å²) in [5, 5.41) is 3.46. The highest BCUT2D eigenvalue weighted by atomic mass is 19.1. The van der Waals surface area contributed by atoms with Crippen LogP contribution in [0.2, 0.25) is 0 Å². The topological polar surface area (TPSA) is 15.3 Å². The van der Waals surface area contributed by atoms with Gasteiger partial charge in [-0.05, 0) is 69.4 Å². The smallest absolute Gasteiger partial charge is 0.126 e. The zero-order valence-corrected chi connectivity index (χ0v) is 11.7. The number of hydrogen-bond acceptors (Lipinski definition) is 2. The van der Waals surface area contributed by atoms with E-state index in [4.69, 9.17) is 0 Å². The van der Waals surface area contributed by atoms with Gasteiger partial charge in [-0.25, -0.2) is 4.39 Å². The number of nitrogens with one attached hydrogen (secondary N) is 1. The number of hydrogen-bond donors (Lipinski definition) is 1. The standard InChI is InChI=1S/C16H23FN2/c1-19(12-4-3-10-18-11-9-12)16-8-7-13-14(16)5-2-6-15(13)17/h2,5-6,12,16,18H,3-4,7-11H2,1H3. The largest absolute Gasteiger partial charge is 0.317 e. The first-order valence-electron chi connectivity index (χ1n) is 7.47. The summed E-state index contributed by atoms with van der Waals surface area (Å²) in [6.07, 6.45) is 5.67. The first kappa shape index (κ1) is 13.1. The Morgan fingerprint density at radius 2 is 2.11 bits per heavy atom. The second-order valence-corrected chi connectivity index (χ2v) is 5.86. The van der Waals surface area contributed by atoms with Crippen LogP contribution in [0.15, 0.2) is 18.2 Å². The molecule has 2 aliphatic rings. The minimum absolute atomic E-state index is 0.0177. The monoisotopic (exact) mass is 262 g/mol. The van der Waals surface area contributed by atoms with E-state index in [-0.39, 0.29) is 5.82 Å². The molecule has 104 valence electrons. The van der Waals surface area contributed by atoms with Crippen LogP contribution in [0.5, 0.6) is 0 Å². The van der Waals surface area contributed by atoms with E-state index in [1.807, 2.05) is 6.07 Å². The van der Waals surface area contributed by atoms with Crippen LogP contribution in [0.3, 0.4) is 0 Å². The fraction of sp³-hybridized carbons (Fsp3) is 0.625. The molecule has 3 rings (SSSR count). The van der Waals surface area contributed by atoms with Gasteiger partial charge in [-0.1, -0.05) is 12.1 Å². The molecule has 0 radical (unpaired) electrons. The lowest BCUT2D eigenvalue weighted by Gasteiger charge is -2.33. The van der Waals surface area contributed by atoms with Crippen molar-refractivity contribution in [3.8, 4) is 0 Å². The molecule has 0 saturated carbocycles. The fourth-order valence-corrected chi connectivity index (χ4v) is 3.67. The molecule has 0 amide bonds. The summed E-state index contributed by atoms with van der Waals surface area (Å²) < 4.78 is 13.8. The van der Waals surface area contributed by atoms with Crippen LogP contribution in [0.25, 0.3) is 0 Å². The third kappa shape index (κ3) is 2.54. The van der Waals surface area contributed by atoms with Crippen molar-refractivity contribution in [2.45, 2.75) is 44.2 Å². The van der Waals surface area contributed by atoms with Crippen LogP contribution in [0, 0.1) is 5.82 Å². The van der Waals surface area contributed by atoms with Gasteiger partial charge >= 0.3 is 0 Å². The highest BCUT2D eigenvalue weighted by Gasteiger charge is 2.31. The molecular formula is C16H23FN2. The van der Waals surface area contributed by atoms with Crippen molar-refractivity contribution in [1.29, 1.82) is 0 Å². The zero-order valence-electron chi connectivity index (χ0n) is 11.7. The molecule has 2 unspecified atom stereocenters. The van der Waals surface area contributed by atoms with Crippen LogP contribution >= 0.6 is 0 Å². The van der Waals surface area contributed by atoms with Gasteiger partial charge < -0.3 is 5.32 Å². The summed E-state index contributed by atoms with van der Waals surface area (Å²) in [5.74, 6) is -0.0177. The number of nitrogens with zero attached hydrogens (tertiary/aromatic N) is 1. The number of fused-ring (bicyclic) bond motifs is 1. The quantitative estimate of drug-likeness (QED) is 0.881. The maximum Gasteiger partial charge on any atom is 0.126 e. The number of rotatable bonds is 2. The molecule has 1 fully saturated rings.